The maximum Gasteiger partial charge on any atom is 0.415 e. The van der Waals surface area contributed by atoms with Gasteiger partial charge in [0.25, 0.3) is 5.91 Å². The molecular weight excluding hydrogens is 247 g/mol. The van der Waals surface area contributed by atoms with E-state index in [9.17, 15) is 18.0 Å². The number of likely N-dealkylation sites (tertiary alicyclic amines) is 1. The van der Waals surface area contributed by atoms with Gasteiger partial charge in [-0.15, -0.1) is 0 Å². The van der Waals surface area contributed by atoms with Crippen molar-refractivity contribution in [1.82, 2.24) is 9.80 Å². The Labute approximate surface area is 105 Å². The van der Waals surface area contributed by atoms with Crippen LogP contribution in [0.15, 0.2) is 0 Å². The van der Waals surface area contributed by atoms with E-state index in [-0.39, 0.29) is 12.6 Å². The van der Waals surface area contributed by atoms with Crippen LogP contribution in [-0.2, 0) is 4.79 Å². The summed E-state index contributed by atoms with van der Waals surface area (Å²) in [6, 6.07) is 0.114. The van der Waals surface area contributed by atoms with Crippen LogP contribution in [0.5, 0.6) is 0 Å². The summed E-state index contributed by atoms with van der Waals surface area (Å²) in [5.41, 5.74) is 2.30. The number of rotatable bonds is 3. The maximum absolute atomic E-state index is 12.7. The van der Waals surface area contributed by atoms with Gasteiger partial charge in [0.05, 0.1) is 0 Å². The van der Waals surface area contributed by atoms with Crippen molar-refractivity contribution in [1.29, 1.82) is 0 Å². The van der Waals surface area contributed by atoms with E-state index < -0.39 is 17.6 Å². The van der Waals surface area contributed by atoms with Crippen molar-refractivity contribution in [2.75, 3.05) is 27.2 Å². The van der Waals surface area contributed by atoms with Crippen molar-refractivity contribution < 1.29 is 18.0 Å². The molecule has 0 aliphatic carbocycles. The Morgan fingerprint density at radius 1 is 1.50 bits per heavy atom. The van der Waals surface area contributed by atoms with E-state index in [1.807, 2.05) is 11.9 Å². The Morgan fingerprint density at radius 3 is 2.44 bits per heavy atom. The quantitative estimate of drug-likeness (QED) is 0.823. The molecule has 1 aliphatic heterocycles. The second-order valence-electron chi connectivity index (χ2n) is 5.16. The van der Waals surface area contributed by atoms with Gasteiger partial charge in [-0.25, -0.2) is 0 Å². The van der Waals surface area contributed by atoms with Gasteiger partial charge in [-0.1, -0.05) is 0 Å². The lowest BCUT2D eigenvalue weighted by Gasteiger charge is -2.33. The van der Waals surface area contributed by atoms with Crippen LogP contribution in [-0.4, -0.2) is 60.6 Å². The molecule has 1 heterocycles. The first-order valence-electron chi connectivity index (χ1n) is 5.88. The standard InChI is InChI=1S/C11H20F3N3O/c1-10(15,11(12,13)14)9(18)17(3)7-8-5-4-6-16(8)2/h8H,4-7,15H2,1-3H3. The van der Waals surface area contributed by atoms with Crippen molar-refractivity contribution in [2.24, 2.45) is 5.73 Å². The topological polar surface area (TPSA) is 49.6 Å². The summed E-state index contributed by atoms with van der Waals surface area (Å²) < 4.78 is 38.0. The number of alkyl halides is 3. The second kappa shape index (κ2) is 5.05. The summed E-state index contributed by atoms with van der Waals surface area (Å²) >= 11 is 0. The first kappa shape index (κ1) is 15.2. The number of carbonyl (C=O) groups excluding carboxylic acids is 1. The van der Waals surface area contributed by atoms with Crippen LogP contribution in [0.1, 0.15) is 19.8 Å². The first-order chi connectivity index (χ1) is 8.07. The molecule has 2 unspecified atom stereocenters. The van der Waals surface area contributed by atoms with Crippen LogP contribution in [0.2, 0.25) is 0 Å². The Kier molecular flexibility index (Phi) is 4.27. The molecule has 106 valence electrons. The summed E-state index contributed by atoms with van der Waals surface area (Å²) in [6.45, 7) is 1.90. The molecule has 0 aromatic rings. The number of likely N-dealkylation sites (N-methyl/N-ethyl adjacent to an activating group) is 2. The predicted molar refractivity (Wildman–Crippen MR) is 61.9 cm³/mol. The van der Waals surface area contributed by atoms with E-state index in [4.69, 9.17) is 5.73 Å². The molecule has 0 aromatic heterocycles. The van der Waals surface area contributed by atoms with Crippen molar-refractivity contribution >= 4 is 5.91 Å². The smallest absolute Gasteiger partial charge is 0.342 e. The van der Waals surface area contributed by atoms with Gasteiger partial charge in [-0.3, -0.25) is 4.79 Å². The molecule has 0 aromatic carbocycles. The molecule has 0 saturated carbocycles. The second-order valence-corrected chi connectivity index (χ2v) is 5.16. The van der Waals surface area contributed by atoms with Crippen LogP contribution in [0, 0.1) is 0 Å². The van der Waals surface area contributed by atoms with Crippen LogP contribution in [0.25, 0.3) is 0 Å². The number of amides is 1. The molecule has 0 bridgehead atoms. The van der Waals surface area contributed by atoms with Gasteiger partial charge in [-0.2, -0.15) is 13.2 Å². The lowest BCUT2D eigenvalue weighted by molar-refractivity contribution is -0.193. The Bertz CT molecular complexity index is 317. The predicted octanol–water partition coefficient (Wildman–Crippen LogP) is 0.819. The average molecular weight is 267 g/mol. The zero-order valence-electron chi connectivity index (χ0n) is 10.9. The van der Waals surface area contributed by atoms with Gasteiger partial charge in [0.15, 0.2) is 5.54 Å². The van der Waals surface area contributed by atoms with E-state index in [1.54, 1.807) is 0 Å². The minimum Gasteiger partial charge on any atom is -0.342 e. The molecule has 1 saturated heterocycles. The molecule has 0 radical (unpaired) electrons. The summed E-state index contributed by atoms with van der Waals surface area (Å²) in [5.74, 6) is -1.09. The molecule has 1 fully saturated rings. The van der Waals surface area contributed by atoms with Crippen LogP contribution < -0.4 is 5.73 Å². The highest BCUT2D eigenvalue weighted by molar-refractivity contribution is 5.86. The third-order valence-electron chi connectivity index (χ3n) is 3.54. The van der Waals surface area contributed by atoms with Gasteiger partial charge in [0.1, 0.15) is 0 Å². The van der Waals surface area contributed by atoms with Crippen molar-refractivity contribution in [3.05, 3.63) is 0 Å². The fourth-order valence-electron chi connectivity index (χ4n) is 2.13. The largest absolute Gasteiger partial charge is 0.415 e. The van der Waals surface area contributed by atoms with Crippen LogP contribution >= 0.6 is 0 Å². The highest BCUT2D eigenvalue weighted by Crippen LogP contribution is 2.29. The SMILES string of the molecule is CN(CC1CCCN1C)C(=O)C(C)(N)C(F)(F)F. The summed E-state index contributed by atoms with van der Waals surface area (Å²) in [6.07, 6.45) is -2.84. The number of nitrogens with two attached hydrogens (primary N) is 1. The lowest BCUT2D eigenvalue weighted by atomic mass is 10.0. The number of halogens is 3. The zero-order valence-corrected chi connectivity index (χ0v) is 10.9. The molecular formula is C11H20F3N3O. The molecule has 0 spiro atoms. The molecule has 1 aliphatic rings. The number of nitrogens with zero attached hydrogens (tertiary/aromatic N) is 2. The summed E-state index contributed by atoms with van der Waals surface area (Å²) in [5, 5.41) is 0. The summed E-state index contributed by atoms with van der Waals surface area (Å²) in [4.78, 5) is 14.9. The van der Waals surface area contributed by atoms with Crippen LogP contribution in [0.4, 0.5) is 13.2 Å². The highest BCUT2D eigenvalue weighted by atomic mass is 19.4. The van der Waals surface area contributed by atoms with E-state index in [1.165, 1.54) is 7.05 Å². The zero-order chi connectivity index (χ0) is 14.1. The monoisotopic (exact) mass is 267 g/mol. The maximum atomic E-state index is 12.7. The molecule has 1 rings (SSSR count). The van der Waals surface area contributed by atoms with Gasteiger partial charge < -0.3 is 15.5 Å². The minimum absolute atomic E-state index is 0.114. The van der Waals surface area contributed by atoms with Crippen molar-refractivity contribution in [2.45, 2.75) is 37.5 Å². The van der Waals surface area contributed by atoms with E-state index in [0.717, 1.165) is 24.3 Å². The number of hydrogen-bond acceptors (Lipinski definition) is 3. The first-order valence-corrected chi connectivity index (χ1v) is 5.88. The fraction of sp³-hybridized carbons (Fsp3) is 0.909. The minimum atomic E-state index is -4.74. The molecule has 7 heteroatoms. The fourth-order valence-corrected chi connectivity index (χ4v) is 2.13. The van der Waals surface area contributed by atoms with Gasteiger partial charge in [-0.05, 0) is 33.4 Å². The number of hydrogen-bond donors (Lipinski definition) is 1. The molecule has 18 heavy (non-hydrogen) atoms. The Morgan fingerprint density at radius 2 is 2.06 bits per heavy atom. The molecule has 2 atom stereocenters. The normalized spacial score (nSPS) is 24.9. The highest BCUT2D eigenvalue weighted by Gasteiger charge is 2.55. The average Bonchev–Trinajstić information content (AvgIpc) is 2.61. The van der Waals surface area contributed by atoms with Gasteiger partial charge >= 0.3 is 6.18 Å². The van der Waals surface area contributed by atoms with Crippen molar-refractivity contribution in [3.8, 4) is 0 Å². The molecule has 2 N–H and O–H groups in total. The third kappa shape index (κ3) is 2.95. The Hall–Kier alpha value is -0.820. The molecule has 4 nitrogen and oxygen atoms in total. The van der Waals surface area contributed by atoms with Crippen LogP contribution in [0.3, 0.4) is 0 Å². The molecule has 1 amide bonds. The Balaban J connectivity index is 2.67. The van der Waals surface area contributed by atoms with E-state index in [2.05, 4.69) is 0 Å². The van der Waals surface area contributed by atoms with E-state index >= 15 is 0 Å². The lowest BCUT2D eigenvalue weighted by Crippen LogP contribution is -2.62. The summed E-state index contributed by atoms with van der Waals surface area (Å²) in [7, 11) is 3.27. The van der Waals surface area contributed by atoms with E-state index in [0.29, 0.717) is 6.92 Å². The third-order valence-corrected chi connectivity index (χ3v) is 3.54. The number of carbonyl (C=O) groups is 1. The van der Waals surface area contributed by atoms with Crippen molar-refractivity contribution in [3.63, 3.8) is 0 Å². The van der Waals surface area contributed by atoms with Gasteiger partial charge in [0.2, 0.25) is 0 Å². The van der Waals surface area contributed by atoms with Gasteiger partial charge in [0, 0.05) is 19.6 Å².